The monoisotopic (exact) mass is 318 g/mol. The third kappa shape index (κ3) is 2.74. The Labute approximate surface area is 123 Å². The number of fused-ring (bicyclic) bond motifs is 9. The third-order valence-corrected chi connectivity index (χ3v) is 3.12. The summed E-state index contributed by atoms with van der Waals surface area (Å²) in [5.41, 5.74) is 0. The summed E-state index contributed by atoms with van der Waals surface area (Å²) in [6.07, 6.45) is 0.186. The van der Waals surface area contributed by atoms with E-state index in [2.05, 4.69) is 9.47 Å². The van der Waals surface area contributed by atoms with E-state index in [1.54, 1.807) is 0 Å². The molecule has 0 amide bonds. The van der Waals surface area contributed by atoms with Crippen LogP contribution < -0.4 is 0 Å². The number of carbonyl (C=O) groups is 4. The van der Waals surface area contributed by atoms with Crippen LogP contribution in [0.2, 0.25) is 0 Å². The summed E-state index contributed by atoms with van der Waals surface area (Å²) in [4.78, 5) is 47.2. The Kier molecular flexibility index (Phi) is 4.33. The van der Waals surface area contributed by atoms with Gasteiger partial charge in [0, 0.05) is 12.8 Å². The Morgan fingerprint density at radius 2 is 1.09 bits per heavy atom. The Bertz CT molecular complexity index is 468. The van der Waals surface area contributed by atoms with Gasteiger partial charge in [0.05, 0.1) is 0 Å². The molecule has 0 radical (unpaired) electrons. The van der Waals surface area contributed by atoms with Crippen LogP contribution in [0.25, 0.3) is 0 Å². The maximum Gasteiger partial charge on any atom is 0.399 e. The number of rotatable bonds is 2. The van der Waals surface area contributed by atoms with Crippen molar-refractivity contribution in [2.75, 3.05) is 13.2 Å². The van der Waals surface area contributed by atoms with Crippen LogP contribution in [0.3, 0.4) is 0 Å². The molecule has 22 heavy (non-hydrogen) atoms. The van der Waals surface area contributed by atoms with Crippen molar-refractivity contribution >= 4 is 23.9 Å². The predicted octanol–water partition coefficient (Wildman–Crippen LogP) is -1.88. The summed E-state index contributed by atoms with van der Waals surface area (Å²) < 4.78 is 18.7. The molecule has 2 unspecified atom stereocenters. The largest absolute Gasteiger partial charge is 0.410 e. The van der Waals surface area contributed by atoms with Gasteiger partial charge in [0.15, 0.2) is 0 Å². The molecule has 122 valence electrons. The molecule has 0 aromatic rings. The molecule has 2 atom stereocenters. The van der Waals surface area contributed by atoms with E-state index in [4.69, 9.17) is 9.47 Å². The molecular formula is C12H14O10. The molecular weight excluding hydrogens is 304 g/mol. The first-order chi connectivity index (χ1) is 10.4. The molecule has 0 aliphatic carbocycles. The summed E-state index contributed by atoms with van der Waals surface area (Å²) in [6.45, 7) is -2.36. The Morgan fingerprint density at radius 3 is 1.41 bits per heavy atom. The molecule has 3 rings (SSSR count). The van der Waals surface area contributed by atoms with Gasteiger partial charge in [0.2, 0.25) is 0 Å². The molecule has 0 aromatic heterocycles. The van der Waals surface area contributed by atoms with Gasteiger partial charge >= 0.3 is 35.5 Å². The van der Waals surface area contributed by atoms with Crippen LogP contribution >= 0.6 is 0 Å². The maximum atomic E-state index is 12.0. The molecule has 2 N–H and O–H groups in total. The van der Waals surface area contributed by atoms with Gasteiger partial charge in [-0.1, -0.05) is 0 Å². The number of hydrogen-bond acceptors (Lipinski definition) is 10. The van der Waals surface area contributed by atoms with E-state index in [-0.39, 0.29) is 25.7 Å². The second-order valence-corrected chi connectivity index (χ2v) is 4.76. The van der Waals surface area contributed by atoms with E-state index in [0.717, 1.165) is 0 Å². The van der Waals surface area contributed by atoms with Crippen molar-refractivity contribution < 1.29 is 48.3 Å². The molecule has 3 aliphatic heterocycles. The van der Waals surface area contributed by atoms with E-state index in [0.29, 0.717) is 0 Å². The minimum atomic E-state index is -2.67. The molecule has 3 saturated heterocycles. The molecule has 3 aliphatic rings. The number of aliphatic hydroxyl groups is 2. The number of hydrogen-bond donors (Lipinski definition) is 2. The van der Waals surface area contributed by atoms with Gasteiger partial charge in [0.1, 0.15) is 13.2 Å². The first-order valence-electron chi connectivity index (χ1n) is 6.50. The van der Waals surface area contributed by atoms with E-state index in [9.17, 15) is 29.4 Å². The van der Waals surface area contributed by atoms with Gasteiger partial charge in [0.25, 0.3) is 0 Å². The van der Waals surface area contributed by atoms with Crippen LogP contribution in [-0.2, 0) is 38.1 Å². The van der Waals surface area contributed by atoms with Gasteiger partial charge in [-0.3, -0.25) is 9.59 Å². The Hall–Kier alpha value is -2.20. The Morgan fingerprint density at radius 1 is 0.727 bits per heavy atom. The molecule has 10 heteroatoms. The number of ether oxygens (including phenoxy) is 4. The predicted molar refractivity (Wildman–Crippen MR) is 62.5 cm³/mol. The van der Waals surface area contributed by atoms with Gasteiger partial charge in [-0.25, -0.2) is 9.59 Å². The zero-order valence-electron chi connectivity index (χ0n) is 11.4. The summed E-state index contributed by atoms with van der Waals surface area (Å²) in [6, 6.07) is 0. The molecule has 3 fully saturated rings. The van der Waals surface area contributed by atoms with Crippen LogP contribution in [0.15, 0.2) is 0 Å². The minimum absolute atomic E-state index is 0.162. The van der Waals surface area contributed by atoms with E-state index in [1.165, 1.54) is 0 Å². The molecule has 10 nitrogen and oxygen atoms in total. The highest BCUT2D eigenvalue weighted by atomic mass is 16.8. The van der Waals surface area contributed by atoms with Crippen LogP contribution in [0.5, 0.6) is 0 Å². The lowest BCUT2D eigenvalue weighted by Crippen LogP contribution is -2.65. The fourth-order valence-corrected chi connectivity index (χ4v) is 1.93. The highest BCUT2D eigenvalue weighted by Gasteiger charge is 2.63. The Balaban J connectivity index is 2.39. The van der Waals surface area contributed by atoms with Gasteiger partial charge in [-0.2, -0.15) is 0 Å². The van der Waals surface area contributed by atoms with Crippen LogP contribution in [-0.4, -0.2) is 58.9 Å². The average molecular weight is 318 g/mol. The summed E-state index contributed by atoms with van der Waals surface area (Å²) in [5.74, 6) is -10.1. The van der Waals surface area contributed by atoms with E-state index < -0.39 is 48.7 Å². The van der Waals surface area contributed by atoms with Crippen molar-refractivity contribution in [2.24, 2.45) is 0 Å². The van der Waals surface area contributed by atoms with Crippen LogP contribution in [0.4, 0.5) is 0 Å². The average Bonchev–Trinajstić information content (AvgIpc) is 2.47. The lowest BCUT2D eigenvalue weighted by atomic mass is 10.1. The fourth-order valence-electron chi connectivity index (χ4n) is 1.93. The third-order valence-electron chi connectivity index (χ3n) is 3.12. The fraction of sp³-hybridized carbons (Fsp3) is 0.667. The second-order valence-electron chi connectivity index (χ2n) is 4.76. The number of esters is 4. The van der Waals surface area contributed by atoms with E-state index in [1.807, 2.05) is 0 Å². The maximum absolute atomic E-state index is 12.0. The zero-order valence-corrected chi connectivity index (χ0v) is 11.4. The van der Waals surface area contributed by atoms with Crippen molar-refractivity contribution in [2.45, 2.75) is 37.3 Å². The molecule has 0 aromatic carbocycles. The van der Waals surface area contributed by atoms with Gasteiger partial charge < -0.3 is 29.2 Å². The second kappa shape index (κ2) is 5.89. The zero-order chi connectivity index (χ0) is 16.4. The molecule has 0 spiro atoms. The van der Waals surface area contributed by atoms with Crippen molar-refractivity contribution in [3.05, 3.63) is 0 Å². The highest BCUT2D eigenvalue weighted by molar-refractivity contribution is 5.94. The first-order valence-corrected chi connectivity index (χ1v) is 6.50. The highest BCUT2D eigenvalue weighted by Crippen LogP contribution is 2.31. The summed E-state index contributed by atoms with van der Waals surface area (Å²) >= 11 is 0. The first kappa shape index (κ1) is 16.2. The molecule has 3 heterocycles. The van der Waals surface area contributed by atoms with Crippen molar-refractivity contribution in [1.82, 2.24) is 0 Å². The number of carbonyl (C=O) groups excluding carboxylic acids is 4. The topological polar surface area (TPSA) is 146 Å². The standard InChI is InChI=1S/C12H14O10/c13-5-11-9(17)22-12(6-14,10(18)21-11)20-8(16)4-2-1-3-7(15)19-11/h13-14H,1-6H2. The van der Waals surface area contributed by atoms with Gasteiger partial charge in [-0.05, 0) is 12.8 Å². The summed E-state index contributed by atoms with van der Waals surface area (Å²) in [5, 5.41) is 18.5. The molecule has 0 saturated carbocycles. The lowest BCUT2D eigenvalue weighted by molar-refractivity contribution is -0.316. The van der Waals surface area contributed by atoms with Crippen molar-refractivity contribution in [3.8, 4) is 0 Å². The summed E-state index contributed by atoms with van der Waals surface area (Å²) in [7, 11) is 0. The van der Waals surface area contributed by atoms with Crippen molar-refractivity contribution in [3.63, 3.8) is 0 Å². The van der Waals surface area contributed by atoms with Crippen LogP contribution in [0.1, 0.15) is 25.7 Å². The van der Waals surface area contributed by atoms with Crippen molar-refractivity contribution in [1.29, 1.82) is 0 Å². The smallest absolute Gasteiger partial charge is 0.399 e. The number of aliphatic hydroxyl groups excluding tert-OH is 2. The lowest BCUT2D eigenvalue weighted by Gasteiger charge is -2.39. The minimum Gasteiger partial charge on any atom is -0.410 e. The quantitative estimate of drug-likeness (QED) is 0.555. The molecule has 2 bridgehead atoms. The van der Waals surface area contributed by atoms with Crippen LogP contribution in [0, 0.1) is 0 Å². The normalized spacial score (nSPS) is 33.0. The van der Waals surface area contributed by atoms with Gasteiger partial charge in [-0.15, -0.1) is 0 Å². The van der Waals surface area contributed by atoms with E-state index >= 15 is 0 Å². The SMILES string of the molecule is O=C1CCCCC(=O)OC2(CO)OC(=O)C(CO)(O1)OC2=O.